The van der Waals surface area contributed by atoms with Crippen LogP contribution in [0.4, 0.5) is 0 Å². The maximum absolute atomic E-state index is 12.2. The fraction of sp³-hybridized carbons (Fsp3) is 0.867. The van der Waals surface area contributed by atoms with Gasteiger partial charge in [-0.1, -0.05) is 0 Å². The van der Waals surface area contributed by atoms with Crippen molar-refractivity contribution in [1.82, 2.24) is 15.1 Å². The highest BCUT2D eigenvalue weighted by molar-refractivity contribution is 5.81. The van der Waals surface area contributed by atoms with Gasteiger partial charge in [0.1, 0.15) is 6.10 Å². The average Bonchev–Trinajstić information content (AvgIpc) is 3.06. The largest absolute Gasteiger partial charge is 0.385 e. The van der Waals surface area contributed by atoms with Crippen LogP contribution >= 0.6 is 0 Å². The molecule has 0 aromatic rings. The summed E-state index contributed by atoms with van der Waals surface area (Å²) in [6.45, 7) is 5.22. The van der Waals surface area contributed by atoms with Crippen molar-refractivity contribution in [2.45, 2.75) is 25.4 Å². The van der Waals surface area contributed by atoms with E-state index in [2.05, 4.69) is 10.2 Å². The van der Waals surface area contributed by atoms with E-state index in [-0.39, 0.29) is 17.9 Å². The zero-order chi connectivity index (χ0) is 15.8. The molecule has 2 rings (SSSR count). The number of carbonyl (C=O) groups is 2. The van der Waals surface area contributed by atoms with E-state index in [9.17, 15) is 9.59 Å². The van der Waals surface area contributed by atoms with E-state index >= 15 is 0 Å². The molecule has 2 amide bonds. The number of piperazine rings is 1. The second-order valence-electron chi connectivity index (χ2n) is 5.80. The number of methoxy groups -OCH3 is 1. The van der Waals surface area contributed by atoms with Gasteiger partial charge in [0.25, 0.3) is 5.91 Å². The molecule has 7 heteroatoms. The van der Waals surface area contributed by atoms with Crippen molar-refractivity contribution in [3.8, 4) is 0 Å². The first kappa shape index (κ1) is 17.2. The minimum absolute atomic E-state index is 0.0370. The highest BCUT2D eigenvalue weighted by atomic mass is 16.5. The lowest BCUT2D eigenvalue weighted by Crippen LogP contribution is -2.53. The van der Waals surface area contributed by atoms with Crippen molar-refractivity contribution in [1.29, 1.82) is 0 Å². The van der Waals surface area contributed by atoms with E-state index in [0.717, 1.165) is 32.4 Å². The standard InChI is InChI=1S/C15H27N3O4/c1-21-10-3-5-16-14(19)12-17-6-8-18(9-7-17)15(20)13-4-2-11-22-13/h13H,2-12H2,1H3,(H,16,19). The van der Waals surface area contributed by atoms with Gasteiger partial charge in [-0.3, -0.25) is 14.5 Å². The van der Waals surface area contributed by atoms with E-state index in [4.69, 9.17) is 9.47 Å². The lowest BCUT2D eigenvalue weighted by atomic mass is 10.2. The smallest absolute Gasteiger partial charge is 0.251 e. The number of ether oxygens (including phenoxy) is 2. The van der Waals surface area contributed by atoms with Crippen molar-refractivity contribution in [2.24, 2.45) is 0 Å². The average molecular weight is 313 g/mol. The molecule has 126 valence electrons. The summed E-state index contributed by atoms with van der Waals surface area (Å²) in [4.78, 5) is 28.0. The van der Waals surface area contributed by atoms with Gasteiger partial charge in [-0.2, -0.15) is 0 Å². The summed E-state index contributed by atoms with van der Waals surface area (Å²) in [5.41, 5.74) is 0. The lowest BCUT2D eigenvalue weighted by molar-refractivity contribution is -0.142. The molecule has 7 nitrogen and oxygen atoms in total. The Kier molecular flexibility index (Phi) is 7.08. The summed E-state index contributed by atoms with van der Waals surface area (Å²) in [5, 5.41) is 2.88. The number of rotatable bonds is 7. The third kappa shape index (κ3) is 5.23. The second-order valence-corrected chi connectivity index (χ2v) is 5.80. The fourth-order valence-electron chi connectivity index (χ4n) is 2.81. The highest BCUT2D eigenvalue weighted by Crippen LogP contribution is 2.15. The molecule has 2 saturated heterocycles. The van der Waals surface area contributed by atoms with E-state index in [0.29, 0.717) is 39.4 Å². The van der Waals surface area contributed by atoms with Crippen LogP contribution in [0.15, 0.2) is 0 Å². The predicted octanol–water partition coefficient (Wildman–Crippen LogP) is -0.538. The van der Waals surface area contributed by atoms with Gasteiger partial charge in [0.2, 0.25) is 5.91 Å². The van der Waals surface area contributed by atoms with Crippen LogP contribution in [0.1, 0.15) is 19.3 Å². The first-order chi connectivity index (χ1) is 10.7. The van der Waals surface area contributed by atoms with E-state index < -0.39 is 0 Å². The summed E-state index contributed by atoms with van der Waals surface area (Å²) in [6, 6.07) is 0. The molecule has 0 aromatic heterocycles. The Balaban J connectivity index is 1.62. The minimum Gasteiger partial charge on any atom is -0.385 e. The predicted molar refractivity (Wildman–Crippen MR) is 81.5 cm³/mol. The molecule has 2 aliphatic rings. The lowest BCUT2D eigenvalue weighted by Gasteiger charge is -2.35. The molecule has 0 radical (unpaired) electrons. The van der Waals surface area contributed by atoms with Crippen molar-refractivity contribution >= 4 is 11.8 Å². The highest BCUT2D eigenvalue weighted by Gasteiger charge is 2.30. The van der Waals surface area contributed by atoms with Crippen LogP contribution in [0.2, 0.25) is 0 Å². The zero-order valence-corrected chi connectivity index (χ0v) is 13.4. The van der Waals surface area contributed by atoms with Crippen LogP contribution in [0.3, 0.4) is 0 Å². The number of nitrogens with zero attached hydrogens (tertiary/aromatic N) is 2. The van der Waals surface area contributed by atoms with E-state index in [1.807, 2.05) is 4.90 Å². The number of carbonyl (C=O) groups excluding carboxylic acids is 2. The zero-order valence-electron chi connectivity index (χ0n) is 13.4. The van der Waals surface area contributed by atoms with Gasteiger partial charge in [-0.05, 0) is 19.3 Å². The van der Waals surface area contributed by atoms with Gasteiger partial charge in [0, 0.05) is 53.0 Å². The van der Waals surface area contributed by atoms with Crippen molar-refractivity contribution in [3.05, 3.63) is 0 Å². The van der Waals surface area contributed by atoms with Crippen molar-refractivity contribution < 1.29 is 19.1 Å². The molecule has 0 spiro atoms. The summed E-state index contributed by atoms with van der Waals surface area (Å²) < 4.78 is 10.4. The van der Waals surface area contributed by atoms with E-state index in [1.165, 1.54) is 0 Å². The van der Waals surface area contributed by atoms with Crippen LogP contribution in [-0.4, -0.2) is 87.3 Å². The number of nitrogens with one attached hydrogen (secondary N) is 1. The number of hydrogen-bond acceptors (Lipinski definition) is 5. The Bertz CT molecular complexity index is 364. The van der Waals surface area contributed by atoms with Crippen LogP contribution in [0, 0.1) is 0 Å². The van der Waals surface area contributed by atoms with Crippen LogP contribution < -0.4 is 5.32 Å². The molecule has 0 aliphatic carbocycles. The Morgan fingerprint density at radius 2 is 2.05 bits per heavy atom. The van der Waals surface area contributed by atoms with Crippen LogP contribution in [0.25, 0.3) is 0 Å². The molecule has 1 N–H and O–H groups in total. The van der Waals surface area contributed by atoms with Gasteiger partial charge in [0.15, 0.2) is 0 Å². The number of hydrogen-bond donors (Lipinski definition) is 1. The molecule has 0 aromatic carbocycles. The molecule has 0 bridgehead atoms. The van der Waals surface area contributed by atoms with Crippen LogP contribution in [-0.2, 0) is 19.1 Å². The molecule has 1 unspecified atom stereocenters. The molecule has 0 saturated carbocycles. The molecular weight excluding hydrogens is 286 g/mol. The normalized spacial score (nSPS) is 22.8. The van der Waals surface area contributed by atoms with Gasteiger partial charge in [-0.25, -0.2) is 0 Å². The SMILES string of the molecule is COCCCNC(=O)CN1CCN(C(=O)C2CCCO2)CC1. The summed E-state index contributed by atoms with van der Waals surface area (Å²) in [7, 11) is 1.65. The Labute approximate surface area is 131 Å². The molecule has 2 fully saturated rings. The quantitative estimate of drug-likeness (QED) is 0.639. The summed E-state index contributed by atoms with van der Waals surface area (Å²) in [6.07, 6.45) is 2.39. The second kappa shape index (κ2) is 9.07. The van der Waals surface area contributed by atoms with Gasteiger partial charge in [0.05, 0.1) is 6.54 Å². The van der Waals surface area contributed by atoms with Gasteiger partial charge in [-0.15, -0.1) is 0 Å². The summed E-state index contributed by atoms with van der Waals surface area (Å²) >= 11 is 0. The van der Waals surface area contributed by atoms with Gasteiger partial charge >= 0.3 is 0 Å². The molecule has 2 heterocycles. The maximum atomic E-state index is 12.2. The first-order valence-electron chi connectivity index (χ1n) is 8.09. The third-order valence-electron chi connectivity index (χ3n) is 4.10. The molecule has 2 aliphatic heterocycles. The molecule has 1 atom stereocenters. The Morgan fingerprint density at radius 1 is 1.27 bits per heavy atom. The maximum Gasteiger partial charge on any atom is 0.251 e. The van der Waals surface area contributed by atoms with Gasteiger partial charge < -0.3 is 19.7 Å². The monoisotopic (exact) mass is 313 g/mol. The fourth-order valence-corrected chi connectivity index (χ4v) is 2.81. The minimum atomic E-state index is -0.240. The summed E-state index contributed by atoms with van der Waals surface area (Å²) in [5.74, 6) is 0.149. The topological polar surface area (TPSA) is 71.1 Å². The Hall–Kier alpha value is -1.18. The first-order valence-corrected chi connectivity index (χ1v) is 8.09. The molecular formula is C15H27N3O4. The number of amides is 2. The Morgan fingerprint density at radius 3 is 2.68 bits per heavy atom. The van der Waals surface area contributed by atoms with Crippen molar-refractivity contribution in [3.63, 3.8) is 0 Å². The van der Waals surface area contributed by atoms with Crippen molar-refractivity contribution in [2.75, 3.05) is 59.6 Å². The van der Waals surface area contributed by atoms with Crippen LogP contribution in [0.5, 0.6) is 0 Å². The third-order valence-corrected chi connectivity index (χ3v) is 4.10. The van der Waals surface area contributed by atoms with E-state index in [1.54, 1.807) is 7.11 Å². The molecule has 22 heavy (non-hydrogen) atoms.